The molecule has 7 heteroatoms. The standard InChI is InChI=1S/C20H16N4OS2/c25-18(15-8-3-1-4-9-15)19(16-10-5-2-6-11-16)27-20-21-22-23-24(20)14-17-12-7-13-26-17/h1-13,19H,14H2/t19-/m1/s1. The first-order valence-electron chi connectivity index (χ1n) is 8.40. The van der Waals surface area contributed by atoms with Crippen molar-refractivity contribution >= 4 is 28.9 Å². The van der Waals surface area contributed by atoms with Gasteiger partial charge in [-0.25, -0.2) is 4.68 Å². The number of tetrazole rings is 1. The number of Topliss-reactive ketones (excluding diaryl/α,β-unsaturated/α-hetero) is 1. The van der Waals surface area contributed by atoms with Crippen molar-refractivity contribution in [1.82, 2.24) is 20.2 Å². The molecule has 0 fully saturated rings. The average molecular weight is 393 g/mol. The summed E-state index contributed by atoms with van der Waals surface area (Å²) in [6.07, 6.45) is 0. The first-order chi connectivity index (χ1) is 13.3. The van der Waals surface area contributed by atoms with Crippen LogP contribution in [0.1, 0.15) is 26.0 Å². The van der Waals surface area contributed by atoms with Crippen LogP contribution in [0, 0.1) is 0 Å². The van der Waals surface area contributed by atoms with Crippen LogP contribution in [0.25, 0.3) is 0 Å². The highest BCUT2D eigenvalue weighted by molar-refractivity contribution is 8.00. The fraction of sp³-hybridized carbons (Fsp3) is 0.100. The van der Waals surface area contributed by atoms with E-state index < -0.39 is 5.25 Å². The minimum Gasteiger partial charge on any atom is -0.293 e. The number of hydrogen-bond acceptors (Lipinski definition) is 6. The van der Waals surface area contributed by atoms with Gasteiger partial charge in [0, 0.05) is 10.4 Å². The molecule has 0 saturated carbocycles. The van der Waals surface area contributed by atoms with E-state index in [2.05, 4.69) is 15.5 Å². The van der Waals surface area contributed by atoms with Gasteiger partial charge in [-0.3, -0.25) is 4.79 Å². The van der Waals surface area contributed by atoms with E-state index in [-0.39, 0.29) is 5.78 Å². The summed E-state index contributed by atoms with van der Waals surface area (Å²) in [7, 11) is 0. The number of ketones is 1. The Hall–Kier alpha value is -2.77. The van der Waals surface area contributed by atoms with Gasteiger partial charge in [0.05, 0.1) is 6.54 Å². The maximum Gasteiger partial charge on any atom is 0.210 e. The molecular formula is C20H16N4OS2. The molecule has 0 spiro atoms. The normalized spacial score (nSPS) is 12.0. The Balaban J connectivity index is 1.65. The van der Waals surface area contributed by atoms with Crippen LogP contribution in [0.15, 0.2) is 83.3 Å². The van der Waals surface area contributed by atoms with Gasteiger partial charge in [0.2, 0.25) is 5.16 Å². The van der Waals surface area contributed by atoms with Gasteiger partial charge in [-0.1, -0.05) is 78.5 Å². The van der Waals surface area contributed by atoms with E-state index in [0.717, 1.165) is 10.4 Å². The molecule has 0 aliphatic rings. The van der Waals surface area contributed by atoms with Crippen molar-refractivity contribution in [3.63, 3.8) is 0 Å². The van der Waals surface area contributed by atoms with E-state index in [0.29, 0.717) is 17.3 Å². The van der Waals surface area contributed by atoms with Crippen LogP contribution in [-0.2, 0) is 6.54 Å². The van der Waals surface area contributed by atoms with Crippen molar-refractivity contribution in [3.8, 4) is 0 Å². The van der Waals surface area contributed by atoms with E-state index >= 15 is 0 Å². The van der Waals surface area contributed by atoms with Gasteiger partial charge in [0.1, 0.15) is 5.25 Å². The van der Waals surface area contributed by atoms with Crippen molar-refractivity contribution in [2.45, 2.75) is 17.0 Å². The Bertz CT molecular complexity index is 1000. The van der Waals surface area contributed by atoms with Crippen LogP contribution >= 0.6 is 23.1 Å². The number of nitrogens with zero attached hydrogens (tertiary/aromatic N) is 4. The minimum absolute atomic E-state index is 0.0393. The lowest BCUT2D eigenvalue weighted by atomic mass is 10.0. The molecule has 0 N–H and O–H groups in total. The number of carbonyl (C=O) groups excluding carboxylic acids is 1. The largest absolute Gasteiger partial charge is 0.293 e. The fourth-order valence-electron chi connectivity index (χ4n) is 2.69. The number of thioether (sulfide) groups is 1. The Kier molecular flexibility index (Phi) is 5.41. The molecule has 0 aliphatic carbocycles. The molecule has 2 heterocycles. The average Bonchev–Trinajstić information content (AvgIpc) is 3.39. The molecule has 0 saturated heterocycles. The van der Waals surface area contributed by atoms with Crippen LogP contribution in [-0.4, -0.2) is 26.0 Å². The van der Waals surface area contributed by atoms with Gasteiger partial charge in [-0.05, 0) is 27.4 Å². The maximum absolute atomic E-state index is 13.2. The fourth-order valence-corrected chi connectivity index (χ4v) is 4.43. The second kappa shape index (κ2) is 8.28. The Morgan fingerprint density at radius 1 is 1.00 bits per heavy atom. The van der Waals surface area contributed by atoms with Gasteiger partial charge in [0.25, 0.3) is 0 Å². The molecule has 4 aromatic rings. The number of hydrogen-bond donors (Lipinski definition) is 0. The summed E-state index contributed by atoms with van der Waals surface area (Å²) in [5, 5.41) is 14.3. The third-order valence-electron chi connectivity index (χ3n) is 4.01. The molecule has 4 rings (SSSR count). The van der Waals surface area contributed by atoms with Crippen LogP contribution in [0.5, 0.6) is 0 Å². The Labute approximate surface area is 165 Å². The van der Waals surface area contributed by atoms with Gasteiger partial charge >= 0.3 is 0 Å². The molecule has 0 aliphatic heterocycles. The summed E-state index contributed by atoms with van der Waals surface area (Å²) in [5.74, 6) is 0.0393. The molecular weight excluding hydrogens is 376 g/mol. The highest BCUT2D eigenvalue weighted by Crippen LogP contribution is 2.36. The van der Waals surface area contributed by atoms with E-state index in [1.54, 1.807) is 16.0 Å². The van der Waals surface area contributed by atoms with Crippen molar-refractivity contribution in [3.05, 3.63) is 94.2 Å². The zero-order chi connectivity index (χ0) is 18.5. The molecule has 0 radical (unpaired) electrons. The number of carbonyl (C=O) groups is 1. The van der Waals surface area contributed by atoms with E-state index in [1.807, 2.05) is 78.2 Å². The summed E-state index contributed by atoms with van der Waals surface area (Å²) in [6.45, 7) is 0.591. The summed E-state index contributed by atoms with van der Waals surface area (Å²) in [4.78, 5) is 14.4. The second-order valence-electron chi connectivity index (χ2n) is 5.84. The topological polar surface area (TPSA) is 60.7 Å². The smallest absolute Gasteiger partial charge is 0.210 e. The first kappa shape index (κ1) is 17.6. The van der Waals surface area contributed by atoms with E-state index in [9.17, 15) is 4.79 Å². The summed E-state index contributed by atoms with van der Waals surface area (Å²) < 4.78 is 1.74. The van der Waals surface area contributed by atoms with Crippen molar-refractivity contribution < 1.29 is 4.79 Å². The quantitative estimate of drug-likeness (QED) is 0.342. The molecule has 2 aromatic heterocycles. The molecule has 0 amide bonds. The van der Waals surface area contributed by atoms with Gasteiger partial charge in [-0.15, -0.1) is 16.4 Å². The highest BCUT2D eigenvalue weighted by atomic mass is 32.2. The first-order valence-corrected chi connectivity index (χ1v) is 10.2. The highest BCUT2D eigenvalue weighted by Gasteiger charge is 2.26. The summed E-state index contributed by atoms with van der Waals surface area (Å²) in [5.41, 5.74) is 1.61. The van der Waals surface area contributed by atoms with Crippen molar-refractivity contribution in [2.24, 2.45) is 0 Å². The predicted molar refractivity (Wildman–Crippen MR) is 107 cm³/mol. The van der Waals surface area contributed by atoms with Crippen LogP contribution in [0.4, 0.5) is 0 Å². The molecule has 27 heavy (non-hydrogen) atoms. The summed E-state index contributed by atoms with van der Waals surface area (Å²) >= 11 is 3.04. The molecule has 0 unspecified atom stereocenters. The maximum atomic E-state index is 13.2. The predicted octanol–water partition coefficient (Wildman–Crippen LogP) is 4.50. The molecule has 134 valence electrons. The number of thiophene rings is 1. The lowest BCUT2D eigenvalue weighted by molar-refractivity contribution is 0.0989. The third kappa shape index (κ3) is 4.15. The van der Waals surface area contributed by atoms with Gasteiger partial charge in [0.15, 0.2) is 5.78 Å². The van der Waals surface area contributed by atoms with Crippen molar-refractivity contribution in [1.29, 1.82) is 0 Å². The van der Waals surface area contributed by atoms with Gasteiger partial charge in [-0.2, -0.15) is 0 Å². The third-order valence-corrected chi connectivity index (χ3v) is 6.09. The molecule has 0 bridgehead atoms. The molecule has 2 aromatic carbocycles. The van der Waals surface area contributed by atoms with Crippen LogP contribution in [0.3, 0.4) is 0 Å². The lowest BCUT2D eigenvalue weighted by Gasteiger charge is -2.15. The number of rotatable bonds is 7. The zero-order valence-corrected chi connectivity index (χ0v) is 15.9. The molecule has 1 atom stereocenters. The lowest BCUT2D eigenvalue weighted by Crippen LogP contribution is -2.12. The SMILES string of the molecule is O=C(c1ccccc1)[C@H](Sc1nnnn1Cc1cccs1)c1ccccc1. The molecule has 5 nitrogen and oxygen atoms in total. The Morgan fingerprint density at radius 3 is 2.44 bits per heavy atom. The van der Waals surface area contributed by atoms with E-state index in [4.69, 9.17) is 0 Å². The minimum atomic E-state index is -0.415. The van der Waals surface area contributed by atoms with E-state index in [1.165, 1.54) is 11.8 Å². The second-order valence-corrected chi connectivity index (χ2v) is 7.94. The van der Waals surface area contributed by atoms with Crippen LogP contribution < -0.4 is 0 Å². The van der Waals surface area contributed by atoms with Gasteiger partial charge < -0.3 is 0 Å². The summed E-state index contributed by atoms with van der Waals surface area (Å²) in [6, 6.07) is 23.1. The van der Waals surface area contributed by atoms with Crippen molar-refractivity contribution in [2.75, 3.05) is 0 Å². The van der Waals surface area contributed by atoms with Crippen LogP contribution in [0.2, 0.25) is 0 Å². The Morgan fingerprint density at radius 2 is 1.74 bits per heavy atom. The zero-order valence-electron chi connectivity index (χ0n) is 14.3. The number of benzene rings is 2. The number of aromatic nitrogens is 4. The monoisotopic (exact) mass is 392 g/mol.